The smallest absolute Gasteiger partial charge is 0.339 e. The van der Waals surface area contributed by atoms with Crippen LogP contribution in [0.2, 0.25) is 0 Å². The van der Waals surface area contributed by atoms with Crippen LogP contribution in [0.1, 0.15) is 92.4 Å². The number of fused-ring (bicyclic) bond motifs is 1. The second kappa shape index (κ2) is 10.4. The van der Waals surface area contributed by atoms with Gasteiger partial charge in [-0.1, -0.05) is 49.1 Å². The molecule has 0 radical (unpaired) electrons. The second-order valence-electron chi connectivity index (χ2n) is 11.5. The molecule has 190 valence electrons. The average Bonchev–Trinajstić information content (AvgIpc) is 2.84. The lowest BCUT2D eigenvalue weighted by Gasteiger charge is -2.40. The van der Waals surface area contributed by atoms with E-state index in [1.165, 1.54) is 67.0 Å². The van der Waals surface area contributed by atoms with Gasteiger partial charge in [-0.15, -0.1) is 0 Å². The molecule has 1 heterocycles. The number of ether oxygens (including phenoxy) is 2. The molecule has 0 amide bonds. The molecule has 0 saturated heterocycles. The zero-order valence-corrected chi connectivity index (χ0v) is 22.8. The molecule has 0 N–H and O–H groups in total. The molecular weight excluding hydrogens is 434 g/mol. The molecule has 1 atom stereocenters. The number of methoxy groups -OCH3 is 1. The van der Waals surface area contributed by atoms with E-state index in [2.05, 4.69) is 49.9 Å². The SMILES string of the molecule is COC(=O)C(OC(C)(C)C)c1c(C)c2c(c(C)c1-c1ccc(C)cc1)CN(C1CCCCC1)CC2. The average molecular weight is 478 g/mol. The van der Waals surface area contributed by atoms with Crippen molar-refractivity contribution in [3.8, 4) is 11.1 Å². The molecule has 4 heteroatoms. The normalized spacial score (nSPS) is 18.3. The first-order chi connectivity index (χ1) is 16.6. The number of nitrogens with zero attached hydrogens (tertiary/aromatic N) is 1. The Balaban J connectivity index is 1.90. The number of esters is 1. The highest BCUT2D eigenvalue weighted by molar-refractivity contribution is 5.85. The van der Waals surface area contributed by atoms with E-state index >= 15 is 0 Å². The first-order valence-corrected chi connectivity index (χ1v) is 13.3. The Morgan fingerprint density at radius 1 is 0.971 bits per heavy atom. The minimum absolute atomic E-state index is 0.338. The maximum atomic E-state index is 13.2. The van der Waals surface area contributed by atoms with Gasteiger partial charge in [0.05, 0.1) is 12.7 Å². The summed E-state index contributed by atoms with van der Waals surface area (Å²) in [5, 5.41) is 0. The van der Waals surface area contributed by atoms with E-state index in [1.54, 1.807) is 0 Å². The molecule has 2 aliphatic rings. The van der Waals surface area contributed by atoms with E-state index in [1.807, 2.05) is 20.8 Å². The Kier molecular flexibility index (Phi) is 7.73. The van der Waals surface area contributed by atoms with Crippen molar-refractivity contribution in [2.45, 2.75) is 104 Å². The zero-order chi connectivity index (χ0) is 25.3. The van der Waals surface area contributed by atoms with E-state index in [4.69, 9.17) is 9.47 Å². The van der Waals surface area contributed by atoms with Gasteiger partial charge in [0.1, 0.15) is 0 Å². The van der Waals surface area contributed by atoms with Gasteiger partial charge >= 0.3 is 5.97 Å². The van der Waals surface area contributed by atoms with Crippen LogP contribution in [-0.2, 0) is 27.2 Å². The van der Waals surface area contributed by atoms with Crippen molar-refractivity contribution in [1.82, 2.24) is 4.90 Å². The van der Waals surface area contributed by atoms with E-state index in [0.29, 0.717) is 6.04 Å². The predicted octanol–water partition coefficient (Wildman–Crippen LogP) is 7.00. The van der Waals surface area contributed by atoms with Crippen LogP contribution in [0, 0.1) is 20.8 Å². The van der Waals surface area contributed by atoms with Crippen LogP contribution in [0.15, 0.2) is 24.3 Å². The Hall–Kier alpha value is -2.17. The fourth-order valence-electron chi connectivity index (χ4n) is 6.11. The molecule has 1 aliphatic carbocycles. The summed E-state index contributed by atoms with van der Waals surface area (Å²) < 4.78 is 11.7. The van der Waals surface area contributed by atoms with Crippen LogP contribution in [0.5, 0.6) is 0 Å². The summed E-state index contributed by atoms with van der Waals surface area (Å²) >= 11 is 0. The van der Waals surface area contributed by atoms with E-state index in [0.717, 1.165) is 36.2 Å². The third kappa shape index (κ3) is 5.49. The summed E-state index contributed by atoms with van der Waals surface area (Å²) in [6.45, 7) is 14.6. The Bertz CT molecular complexity index is 1060. The van der Waals surface area contributed by atoms with Gasteiger partial charge in [-0.05, 0) is 94.2 Å². The van der Waals surface area contributed by atoms with Crippen molar-refractivity contribution in [2.75, 3.05) is 13.7 Å². The summed E-state index contributed by atoms with van der Waals surface area (Å²) in [5.74, 6) is -0.338. The van der Waals surface area contributed by atoms with Gasteiger partial charge in [-0.25, -0.2) is 4.79 Å². The van der Waals surface area contributed by atoms with Gasteiger partial charge in [0, 0.05) is 24.7 Å². The molecule has 2 aromatic carbocycles. The Labute approximate surface area is 212 Å². The third-order valence-electron chi connectivity index (χ3n) is 7.91. The quantitative estimate of drug-likeness (QED) is 0.435. The van der Waals surface area contributed by atoms with Crippen LogP contribution in [0.3, 0.4) is 0 Å². The van der Waals surface area contributed by atoms with Crippen molar-refractivity contribution in [1.29, 1.82) is 0 Å². The standard InChI is InChI=1S/C31H43NO3/c1-20-13-15-23(16-14-20)27-22(3)26-19-32(24-11-9-8-10-12-24)18-17-25(26)21(2)28(27)29(30(33)34-7)35-31(4,5)6/h13-16,24,29H,8-12,17-19H2,1-7H3. The highest BCUT2D eigenvalue weighted by Crippen LogP contribution is 2.43. The van der Waals surface area contributed by atoms with Gasteiger partial charge in [0.15, 0.2) is 6.10 Å². The molecule has 4 nitrogen and oxygen atoms in total. The number of carbonyl (C=O) groups is 1. The van der Waals surface area contributed by atoms with Gasteiger partial charge < -0.3 is 9.47 Å². The fraction of sp³-hybridized carbons (Fsp3) is 0.581. The molecule has 1 saturated carbocycles. The minimum Gasteiger partial charge on any atom is -0.467 e. The summed E-state index contributed by atoms with van der Waals surface area (Å²) in [7, 11) is 1.45. The van der Waals surface area contributed by atoms with Gasteiger partial charge in [-0.2, -0.15) is 0 Å². The van der Waals surface area contributed by atoms with Crippen LogP contribution in [0.25, 0.3) is 11.1 Å². The van der Waals surface area contributed by atoms with Gasteiger partial charge in [-0.3, -0.25) is 4.90 Å². The number of hydrogen-bond acceptors (Lipinski definition) is 4. The summed E-state index contributed by atoms with van der Waals surface area (Å²) in [6.07, 6.45) is 6.97. The van der Waals surface area contributed by atoms with Crippen molar-refractivity contribution in [3.05, 3.63) is 57.6 Å². The third-order valence-corrected chi connectivity index (χ3v) is 7.91. The monoisotopic (exact) mass is 477 g/mol. The molecule has 4 rings (SSSR count). The first-order valence-electron chi connectivity index (χ1n) is 13.3. The van der Waals surface area contributed by atoms with Crippen molar-refractivity contribution in [3.63, 3.8) is 0 Å². The fourth-order valence-corrected chi connectivity index (χ4v) is 6.11. The molecule has 2 aromatic rings. The lowest BCUT2D eigenvalue weighted by molar-refractivity contribution is -0.164. The molecule has 1 aliphatic heterocycles. The van der Waals surface area contributed by atoms with E-state index < -0.39 is 11.7 Å². The molecular formula is C31H43NO3. The van der Waals surface area contributed by atoms with Crippen molar-refractivity contribution >= 4 is 5.97 Å². The van der Waals surface area contributed by atoms with Crippen LogP contribution in [-0.4, -0.2) is 36.2 Å². The highest BCUT2D eigenvalue weighted by atomic mass is 16.6. The van der Waals surface area contributed by atoms with Crippen molar-refractivity contribution < 1.29 is 14.3 Å². The topological polar surface area (TPSA) is 38.8 Å². The molecule has 1 fully saturated rings. The lowest BCUT2D eigenvalue weighted by Crippen LogP contribution is -2.41. The maximum absolute atomic E-state index is 13.2. The van der Waals surface area contributed by atoms with E-state index in [9.17, 15) is 4.79 Å². The minimum atomic E-state index is -0.767. The number of aryl methyl sites for hydroxylation is 1. The largest absolute Gasteiger partial charge is 0.467 e. The van der Waals surface area contributed by atoms with E-state index in [-0.39, 0.29) is 5.97 Å². The van der Waals surface area contributed by atoms with Crippen LogP contribution >= 0.6 is 0 Å². The predicted molar refractivity (Wildman–Crippen MR) is 143 cm³/mol. The molecule has 35 heavy (non-hydrogen) atoms. The van der Waals surface area contributed by atoms with Gasteiger partial charge in [0.2, 0.25) is 0 Å². The van der Waals surface area contributed by atoms with Crippen LogP contribution < -0.4 is 0 Å². The number of carbonyl (C=O) groups excluding carboxylic acids is 1. The van der Waals surface area contributed by atoms with Crippen molar-refractivity contribution in [2.24, 2.45) is 0 Å². The molecule has 0 aromatic heterocycles. The second-order valence-corrected chi connectivity index (χ2v) is 11.5. The molecule has 0 spiro atoms. The molecule has 0 bridgehead atoms. The lowest BCUT2D eigenvalue weighted by atomic mass is 9.79. The first kappa shape index (κ1) is 25.9. The van der Waals surface area contributed by atoms with Gasteiger partial charge in [0.25, 0.3) is 0 Å². The number of hydrogen-bond donors (Lipinski definition) is 0. The number of rotatable bonds is 5. The number of benzene rings is 2. The summed E-state index contributed by atoms with van der Waals surface area (Å²) in [5.41, 5.74) is 9.27. The maximum Gasteiger partial charge on any atom is 0.339 e. The summed E-state index contributed by atoms with van der Waals surface area (Å²) in [6, 6.07) is 9.37. The zero-order valence-electron chi connectivity index (χ0n) is 22.8. The Morgan fingerprint density at radius 2 is 1.63 bits per heavy atom. The Morgan fingerprint density at radius 3 is 2.23 bits per heavy atom. The summed E-state index contributed by atoms with van der Waals surface area (Å²) in [4.78, 5) is 15.9. The molecule has 1 unspecified atom stereocenters. The highest BCUT2D eigenvalue weighted by Gasteiger charge is 2.36. The van der Waals surface area contributed by atoms with Crippen LogP contribution in [0.4, 0.5) is 0 Å².